The van der Waals surface area contributed by atoms with Crippen molar-refractivity contribution in [1.82, 2.24) is 0 Å². The minimum atomic E-state index is -0.617. The quantitative estimate of drug-likeness (QED) is 0.785. The fourth-order valence-corrected chi connectivity index (χ4v) is 2.10. The number of ether oxygens (including phenoxy) is 2. The molecule has 142 valence electrons. The number of rotatable bonds is 6. The van der Waals surface area contributed by atoms with Gasteiger partial charge in [0.15, 0.2) is 12.4 Å². The molecule has 0 radical (unpaired) electrons. The first-order valence-corrected chi connectivity index (χ1v) is 8.46. The molecule has 0 aliphatic carbocycles. The summed E-state index contributed by atoms with van der Waals surface area (Å²) >= 11 is 0. The maximum absolute atomic E-state index is 12.3. The highest BCUT2D eigenvalue weighted by Gasteiger charge is 2.22. The fourth-order valence-electron chi connectivity index (χ4n) is 2.10. The SMILES string of the molecule is COc1ccc(C(=O)Nc2cccc(C(=O)OCC(=O)C(C)(C)C)c2)cc1. The Morgan fingerprint density at radius 2 is 1.63 bits per heavy atom. The van der Waals surface area contributed by atoms with Crippen LogP contribution in [0.25, 0.3) is 0 Å². The summed E-state index contributed by atoms with van der Waals surface area (Å²) < 4.78 is 10.1. The van der Waals surface area contributed by atoms with Crippen LogP contribution < -0.4 is 10.1 Å². The molecule has 0 aliphatic heterocycles. The van der Waals surface area contributed by atoms with Gasteiger partial charge in [-0.15, -0.1) is 0 Å². The number of nitrogens with one attached hydrogen (secondary N) is 1. The summed E-state index contributed by atoms with van der Waals surface area (Å²) in [5, 5.41) is 2.73. The van der Waals surface area contributed by atoms with Gasteiger partial charge in [0.1, 0.15) is 5.75 Å². The van der Waals surface area contributed by atoms with Gasteiger partial charge in [-0.05, 0) is 42.5 Å². The Labute approximate surface area is 158 Å². The molecule has 0 aromatic heterocycles. The van der Waals surface area contributed by atoms with Crippen molar-refractivity contribution in [2.75, 3.05) is 19.0 Å². The summed E-state index contributed by atoms with van der Waals surface area (Å²) in [5.41, 5.74) is 0.588. The third-order valence-corrected chi connectivity index (χ3v) is 3.88. The molecule has 0 unspecified atom stereocenters. The van der Waals surface area contributed by atoms with Gasteiger partial charge in [0, 0.05) is 16.7 Å². The van der Waals surface area contributed by atoms with Crippen LogP contribution >= 0.6 is 0 Å². The zero-order valence-electron chi connectivity index (χ0n) is 15.9. The molecule has 2 aromatic carbocycles. The second kappa shape index (κ2) is 8.49. The lowest BCUT2D eigenvalue weighted by atomic mass is 9.91. The molecule has 6 heteroatoms. The standard InChI is InChI=1S/C21H23NO5/c1-21(2,3)18(23)13-27-20(25)15-6-5-7-16(12-15)22-19(24)14-8-10-17(26-4)11-9-14/h5-12H,13H2,1-4H3,(H,22,24). The molecule has 2 rings (SSSR count). The maximum Gasteiger partial charge on any atom is 0.338 e. The number of Topliss-reactive ketones (excluding diaryl/α,β-unsaturated/α-hetero) is 1. The first-order valence-electron chi connectivity index (χ1n) is 8.46. The van der Waals surface area contributed by atoms with Gasteiger partial charge in [0.25, 0.3) is 5.91 Å². The number of anilines is 1. The Bertz CT molecular complexity index is 834. The Hall–Kier alpha value is -3.15. The summed E-state index contributed by atoms with van der Waals surface area (Å²) in [6.07, 6.45) is 0. The second-order valence-electron chi connectivity index (χ2n) is 7.01. The summed E-state index contributed by atoms with van der Waals surface area (Å²) in [4.78, 5) is 36.3. The minimum Gasteiger partial charge on any atom is -0.497 e. The van der Waals surface area contributed by atoms with Crippen LogP contribution in [0.1, 0.15) is 41.5 Å². The van der Waals surface area contributed by atoms with Gasteiger partial charge in [0.2, 0.25) is 0 Å². The van der Waals surface area contributed by atoms with Crippen LogP contribution in [0.15, 0.2) is 48.5 Å². The van der Waals surface area contributed by atoms with Crippen molar-refractivity contribution in [2.24, 2.45) is 5.41 Å². The van der Waals surface area contributed by atoms with Gasteiger partial charge < -0.3 is 14.8 Å². The van der Waals surface area contributed by atoms with Crippen molar-refractivity contribution in [2.45, 2.75) is 20.8 Å². The predicted molar refractivity (Wildman–Crippen MR) is 102 cm³/mol. The number of methoxy groups -OCH3 is 1. The monoisotopic (exact) mass is 369 g/mol. The summed E-state index contributed by atoms with van der Waals surface area (Å²) in [6.45, 7) is 5.00. The van der Waals surface area contributed by atoms with Crippen molar-refractivity contribution in [3.05, 3.63) is 59.7 Å². The predicted octanol–water partition coefficient (Wildman–Crippen LogP) is 3.72. The molecule has 0 saturated heterocycles. The van der Waals surface area contributed by atoms with E-state index in [-0.39, 0.29) is 23.9 Å². The summed E-state index contributed by atoms with van der Waals surface area (Å²) in [5.74, 6) is -0.444. The number of amides is 1. The highest BCUT2D eigenvalue weighted by atomic mass is 16.5. The van der Waals surface area contributed by atoms with Crippen LogP contribution in [0.4, 0.5) is 5.69 Å². The molecule has 0 atom stereocenters. The Morgan fingerprint density at radius 1 is 0.963 bits per heavy atom. The lowest BCUT2D eigenvalue weighted by molar-refractivity contribution is -0.129. The van der Waals surface area contributed by atoms with Crippen LogP contribution in [0.2, 0.25) is 0 Å². The molecule has 1 amide bonds. The normalized spacial score (nSPS) is 10.8. The van der Waals surface area contributed by atoms with Crippen molar-refractivity contribution in [1.29, 1.82) is 0 Å². The highest BCUT2D eigenvalue weighted by Crippen LogP contribution is 2.17. The molecule has 0 bridgehead atoms. The second-order valence-corrected chi connectivity index (χ2v) is 7.01. The molecule has 6 nitrogen and oxygen atoms in total. The number of hydrogen-bond acceptors (Lipinski definition) is 5. The molecule has 1 N–H and O–H groups in total. The summed E-state index contributed by atoms with van der Waals surface area (Å²) in [7, 11) is 1.55. The maximum atomic E-state index is 12.3. The zero-order chi connectivity index (χ0) is 20.0. The van der Waals surface area contributed by atoms with Crippen LogP contribution in [0.3, 0.4) is 0 Å². The Kier molecular flexibility index (Phi) is 6.34. The number of hydrogen-bond donors (Lipinski definition) is 1. The van der Waals surface area contributed by atoms with E-state index in [0.717, 1.165) is 0 Å². The molecule has 0 heterocycles. The van der Waals surface area contributed by atoms with Gasteiger partial charge in [-0.25, -0.2) is 4.79 Å². The molecule has 0 saturated carbocycles. The lowest BCUT2D eigenvalue weighted by Crippen LogP contribution is -2.26. The van der Waals surface area contributed by atoms with E-state index in [1.165, 1.54) is 6.07 Å². The van der Waals surface area contributed by atoms with E-state index < -0.39 is 11.4 Å². The van der Waals surface area contributed by atoms with E-state index in [1.54, 1.807) is 70.3 Å². The van der Waals surface area contributed by atoms with Gasteiger partial charge >= 0.3 is 5.97 Å². The fraction of sp³-hybridized carbons (Fsp3) is 0.286. The van der Waals surface area contributed by atoms with E-state index in [2.05, 4.69) is 5.32 Å². The van der Waals surface area contributed by atoms with Gasteiger partial charge in [-0.3, -0.25) is 9.59 Å². The minimum absolute atomic E-state index is 0.167. The number of esters is 1. The molecule has 0 aliphatic rings. The van der Waals surface area contributed by atoms with E-state index in [9.17, 15) is 14.4 Å². The molecule has 0 spiro atoms. The third kappa shape index (κ3) is 5.67. The highest BCUT2D eigenvalue weighted by molar-refractivity contribution is 6.05. The number of benzene rings is 2. The first-order chi connectivity index (χ1) is 12.7. The molecule has 2 aromatic rings. The summed E-state index contributed by atoms with van der Waals surface area (Å²) in [6, 6.07) is 13.0. The van der Waals surface area contributed by atoms with E-state index >= 15 is 0 Å². The van der Waals surface area contributed by atoms with Crippen LogP contribution in [0, 0.1) is 5.41 Å². The first kappa shape index (κ1) is 20.2. The van der Waals surface area contributed by atoms with Crippen LogP contribution in [-0.4, -0.2) is 31.4 Å². The van der Waals surface area contributed by atoms with Gasteiger partial charge in [0.05, 0.1) is 12.7 Å². The van der Waals surface area contributed by atoms with Crippen molar-refractivity contribution < 1.29 is 23.9 Å². The van der Waals surface area contributed by atoms with E-state index in [0.29, 0.717) is 17.0 Å². The molecular weight excluding hydrogens is 346 g/mol. The largest absolute Gasteiger partial charge is 0.497 e. The van der Waals surface area contributed by atoms with Gasteiger partial charge in [-0.1, -0.05) is 26.8 Å². The average molecular weight is 369 g/mol. The van der Waals surface area contributed by atoms with Crippen molar-refractivity contribution in [3.63, 3.8) is 0 Å². The number of ketones is 1. The molecular formula is C21H23NO5. The smallest absolute Gasteiger partial charge is 0.338 e. The molecule has 0 fully saturated rings. The lowest BCUT2D eigenvalue weighted by Gasteiger charge is -2.16. The van der Waals surface area contributed by atoms with E-state index in [1.807, 2.05) is 0 Å². The zero-order valence-corrected chi connectivity index (χ0v) is 15.9. The third-order valence-electron chi connectivity index (χ3n) is 3.88. The number of carbonyl (C=O) groups excluding carboxylic acids is 3. The van der Waals surface area contributed by atoms with E-state index in [4.69, 9.17) is 9.47 Å². The molecule has 27 heavy (non-hydrogen) atoms. The van der Waals surface area contributed by atoms with Gasteiger partial charge in [-0.2, -0.15) is 0 Å². The van der Waals surface area contributed by atoms with Crippen molar-refractivity contribution in [3.8, 4) is 5.75 Å². The Balaban J connectivity index is 2.02. The number of carbonyl (C=O) groups is 3. The topological polar surface area (TPSA) is 81.7 Å². The van der Waals surface area contributed by atoms with Crippen LogP contribution in [-0.2, 0) is 9.53 Å². The Morgan fingerprint density at radius 3 is 2.22 bits per heavy atom. The van der Waals surface area contributed by atoms with Crippen LogP contribution in [0.5, 0.6) is 5.75 Å². The average Bonchev–Trinajstić information content (AvgIpc) is 2.65. The van der Waals surface area contributed by atoms with Crippen molar-refractivity contribution >= 4 is 23.3 Å².